The summed E-state index contributed by atoms with van der Waals surface area (Å²) in [4.78, 5) is 22.6. The van der Waals surface area contributed by atoms with Crippen LogP contribution in [0.3, 0.4) is 0 Å². The number of unbranched alkanes of at least 4 members (excludes halogenated alkanes) is 1. The van der Waals surface area contributed by atoms with Crippen LogP contribution in [-0.2, 0) is 9.59 Å². The van der Waals surface area contributed by atoms with Gasteiger partial charge in [0.1, 0.15) is 0 Å². The second-order valence-electron chi connectivity index (χ2n) is 2.99. The molecule has 4 heteroatoms. The Labute approximate surface area is 72.2 Å². The Balaban J connectivity index is 3.32. The minimum atomic E-state index is -1.32. The molecule has 0 aromatic carbocycles. The Morgan fingerprint density at radius 2 is 1.83 bits per heavy atom. The molecule has 0 rings (SSSR count). The van der Waals surface area contributed by atoms with Crippen molar-refractivity contribution in [3.63, 3.8) is 0 Å². The average Bonchev–Trinajstić information content (AvgIpc) is 1.97. The highest BCUT2D eigenvalue weighted by Crippen LogP contribution is 1.97. The molecule has 0 amide bonds. The van der Waals surface area contributed by atoms with Gasteiger partial charge in [-0.3, -0.25) is 4.79 Å². The smallest absolute Gasteiger partial charge is 0.372 e. The summed E-state index contributed by atoms with van der Waals surface area (Å²) in [6.45, 7) is 0.896. The summed E-state index contributed by atoms with van der Waals surface area (Å²) in [5, 5.41) is 8.23. The highest BCUT2D eigenvalue weighted by atomic mass is 16.4. The molecular weight excluding hydrogens is 158 g/mol. The molecule has 0 fully saturated rings. The van der Waals surface area contributed by atoms with Crippen LogP contribution in [-0.4, -0.2) is 42.4 Å². The van der Waals surface area contributed by atoms with Crippen molar-refractivity contribution >= 4 is 11.8 Å². The van der Waals surface area contributed by atoms with Gasteiger partial charge in [-0.2, -0.15) is 0 Å². The molecule has 1 N–H and O–H groups in total. The number of aliphatic carboxylic acids is 1. The van der Waals surface area contributed by atoms with Gasteiger partial charge in [-0.15, -0.1) is 0 Å². The van der Waals surface area contributed by atoms with Crippen LogP contribution in [0, 0.1) is 0 Å². The zero-order valence-electron chi connectivity index (χ0n) is 7.54. The van der Waals surface area contributed by atoms with Gasteiger partial charge in [0.05, 0.1) is 0 Å². The third-order valence-corrected chi connectivity index (χ3v) is 1.50. The van der Waals surface area contributed by atoms with Gasteiger partial charge in [0.2, 0.25) is 5.78 Å². The minimum absolute atomic E-state index is 0.156. The van der Waals surface area contributed by atoms with Crippen LogP contribution < -0.4 is 0 Å². The molecule has 12 heavy (non-hydrogen) atoms. The van der Waals surface area contributed by atoms with Gasteiger partial charge < -0.3 is 10.0 Å². The lowest BCUT2D eigenvalue weighted by molar-refractivity contribution is -0.149. The van der Waals surface area contributed by atoms with Crippen molar-refractivity contribution in [3.05, 3.63) is 0 Å². The number of carboxylic acid groups (broad SMARTS) is 1. The molecule has 0 saturated carbocycles. The fourth-order valence-electron chi connectivity index (χ4n) is 0.821. The SMILES string of the molecule is CN(C)CCCCC(=O)C(=O)O. The van der Waals surface area contributed by atoms with Crippen LogP contribution in [0.4, 0.5) is 0 Å². The predicted octanol–water partition coefficient (Wildman–Crippen LogP) is 0.372. The van der Waals surface area contributed by atoms with Crippen molar-refractivity contribution in [2.75, 3.05) is 20.6 Å². The third kappa shape index (κ3) is 5.85. The summed E-state index contributed by atoms with van der Waals surface area (Å²) in [5.74, 6) is -2.01. The number of carbonyl (C=O) groups excluding carboxylic acids is 1. The normalized spacial score (nSPS) is 10.2. The molecule has 70 valence electrons. The van der Waals surface area contributed by atoms with E-state index in [1.54, 1.807) is 0 Å². The zero-order valence-corrected chi connectivity index (χ0v) is 7.54. The van der Waals surface area contributed by atoms with E-state index in [4.69, 9.17) is 5.11 Å². The molecule has 4 nitrogen and oxygen atoms in total. The largest absolute Gasteiger partial charge is 0.476 e. The Kier molecular flexibility index (Phi) is 5.28. The van der Waals surface area contributed by atoms with Crippen molar-refractivity contribution in [2.24, 2.45) is 0 Å². The fraction of sp³-hybridized carbons (Fsp3) is 0.750. The maximum absolute atomic E-state index is 10.6. The van der Waals surface area contributed by atoms with Gasteiger partial charge in [-0.1, -0.05) is 0 Å². The van der Waals surface area contributed by atoms with Gasteiger partial charge in [0.25, 0.3) is 0 Å². The van der Waals surface area contributed by atoms with Gasteiger partial charge in [-0.05, 0) is 33.5 Å². The molecule has 0 bridgehead atoms. The Morgan fingerprint density at radius 3 is 2.25 bits per heavy atom. The third-order valence-electron chi connectivity index (χ3n) is 1.50. The lowest BCUT2D eigenvalue weighted by Gasteiger charge is -2.07. The number of rotatable bonds is 6. The van der Waals surface area contributed by atoms with E-state index in [0.29, 0.717) is 6.42 Å². The van der Waals surface area contributed by atoms with Crippen LogP contribution in [0.5, 0.6) is 0 Å². The van der Waals surface area contributed by atoms with E-state index in [-0.39, 0.29) is 6.42 Å². The Morgan fingerprint density at radius 1 is 1.25 bits per heavy atom. The van der Waals surface area contributed by atoms with Crippen molar-refractivity contribution < 1.29 is 14.7 Å². The van der Waals surface area contributed by atoms with Crippen molar-refractivity contribution in [3.8, 4) is 0 Å². The number of Topliss-reactive ketones (excluding diaryl/α,β-unsaturated/α-hetero) is 1. The van der Waals surface area contributed by atoms with Gasteiger partial charge in [-0.25, -0.2) is 4.79 Å². The summed E-state index contributed by atoms with van der Waals surface area (Å²) in [5.41, 5.74) is 0. The maximum atomic E-state index is 10.6. The predicted molar refractivity (Wildman–Crippen MR) is 45.0 cm³/mol. The van der Waals surface area contributed by atoms with E-state index in [9.17, 15) is 9.59 Å². The van der Waals surface area contributed by atoms with E-state index >= 15 is 0 Å². The topological polar surface area (TPSA) is 57.6 Å². The summed E-state index contributed by atoms with van der Waals surface area (Å²) >= 11 is 0. The number of ketones is 1. The lowest BCUT2D eigenvalue weighted by atomic mass is 10.2. The average molecular weight is 173 g/mol. The molecule has 0 aliphatic heterocycles. The zero-order chi connectivity index (χ0) is 9.56. The highest BCUT2D eigenvalue weighted by Gasteiger charge is 2.09. The Hall–Kier alpha value is -0.900. The number of carbonyl (C=O) groups is 2. The number of hydrogen-bond donors (Lipinski definition) is 1. The van der Waals surface area contributed by atoms with E-state index in [1.807, 2.05) is 19.0 Å². The first-order valence-corrected chi connectivity index (χ1v) is 3.95. The summed E-state index contributed by atoms with van der Waals surface area (Å²) < 4.78 is 0. The molecule has 0 aliphatic rings. The number of carboxylic acids is 1. The first kappa shape index (κ1) is 11.1. The van der Waals surface area contributed by atoms with Gasteiger partial charge in [0.15, 0.2) is 0 Å². The molecule has 0 aromatic rings. The van der Waals surface area contributed by atoms with Crippen LogP contribution >= 0.6 is 0 Å². The summed E-state index contributed by atoms with van der Waals surface area (Å²) in [7, 11) is 3.89. The van der Waals surface area contributed by atoms with Crippen LogP contribution in [0.25, 0.3) is 0 Å². The van der Waals surface area contributed by atoms with E-state index < -0.39 is 11.8 Å². The second-order valence-corrected chi connectivity index (χ2v) is 2.99. The number of nitrogens with zero attached hydrogens (tertiary/aromatic N) is 1. The van der Waals surface area contributed by atoms with Crippen LogP contribution in [0.2, 0.25) is 0 Å². The van der Waals surface area contributed by atoms with E-state index in [1.165, 1.54) is 0 Å². The molecule has 0 aromatic heterocycles. The maximum Gasteiger partial charge on any atom is 0.372 e. The van der Waals surface area contributed by atoms with Gasteiger partial charge in [0, 0.05) is 6.42 Å². The second kappa shape index (κ2) is 5.71. The molecule has 0 unspecified atom stereocenters. The summed E-state index contributed by atoms with van der Waals surface area (Å²) in [6, 6.07) is 0. The van der Waals surface area contributed by atoms with E-state index in [0.717, 1.165) is 13.0 Å². The molecule has 0 radical (unpaired) electrons. The quantitative estimate of drug-likeness (QED) is 0.466. The monoisotopic (exact) mass is 173 g/mol. The molecule has 0 aliphatic carbocycles. The fourth-order valence-corrected chi connectivity index (χ4v) is 0.821. The van der Waals surface area contributed by atoms with Crippen LogP contribution in [0.15, 0.2) is 0 Å². The van der Waals surface area contributed by atoms with E-state index in [2.05, 4.69) is 0 Å². The first-order valence-electron chi connectivity index (χ1n) is 3.95. The molecule has 0 heterocycles. The summed E-state index contributed by atoms with van der Waals surface area (Å²) in [6.07, 6.45) is 1.68. The molecule has 0 spiro atoms. The first-order chi connectivity index (χ1) is 5.54. The lowest BCUT2D eigenvalue weighted by Crippen LogP contribution is -2.15. The standard InChI is InChI=1S/C8H15NO3/c1-9(2)6-4-3-5-7(10)8(11)12/h3-6H2,1-2H3,(H,11,12). The van der Waals surface area contributed by atoms with Crippen molar-refractivity contribution in [1.82, 2.24) is 4.90 Å². The van der Waals surface area contributed by atoms with Crippen molar-refractivity contribution in [2.45, 2.75) is 19.3 Å². The molecule has 0 saturated heterocycles. The van der Waals surface area contributed by atoms with Crippen molar-refractivity contribution in [1.29, 1.82) is 0 Å². The van der Waals surface area contributed by atoms with Crippen LogP contribution in [0.1, 0.15) is 19.3 Å². The number of hydrogen-bond acceptors (Lipinski definition) is 3. The molecule has 0 atom stereocenters. The Bertz CT molecular complexity index is 166. The minimum Gasteiger partial charge on any atom is -0.476 e. The molecular formula is C8H15NO3. The van der Waals surface area contributed by atoms with Gasteiger partial charge >= 0.3 is 5.97 Å². The highest BCUT2D eigenvalue weighted by molar-refractivity contribution is 6.32.